The average molecular weight is 270 g/mol. The Hall–Kier alpha value is -0.760. The predicted octanol–water partition coefficient (Wildman–Crippen LogP) is 5.25. The van der Waals surface area contributed by atoms with Crippen LogP contribution >= 0.6 is 11.6 Å². The Morgan fingerprint density at radius 2 is 2.00 bits per heavy atom. The van der Waals surface area contributed by atoms with Gasteiger partial charge in [-0.25, -0.2) is 4.39 Å². The molecule has 0 radical (unpaired) electrons. The van der Waals surface area contributed by atoms with Crippen LogP contribution in [0.1, 0.15) is 45.4 Å². The second-order valence-corrected chi connectivity index (χ2v) is 5.69. The molecule has 0 amide bonds. The molecule has 0 atom stereocenters. The summed E-state index contributed by atoms with van der Waals surface area (Å²) in [7, 11) is 0. The summed E-state index contributed by atoms with van der Waals surface area (Å²) in [6.45, 7) is 2.25. The molecule has 100 valence electrons. The van der Waals surface area contributed by atoms with Gasteiger partial charge in [0.2, 0.25) is 0 Å². The van der Waals surface area contributed by atoms with E-state index in [4.69, 9.17) is 11.6 Å². The van der Waals surface area contributed by atoms with Crippen molar-refractivity contribution in [1.82, 2.24) is 0 Å². The topological polar surface area (TPSA) is 12.0 Å². The first-order valence-corrected chi connectivity index (χ1v) is 7.28. The van der Waals surface area contributed by atoms with Crippen molar-refractivity contribution in [2.45, 2.75) is 51.5 Å². The van der Waals surface area contributed by atoms with Gasteiger partial charge in [0, 0.05) is 11.7 Å². The maximum absolute atomic E-state index is 13.3. The van der Waals surface area contributed by atoms with E-state index in [1.807, 2.05) is 6.07 Å². The van der Waals surface area contributed by atoms with Crippen molar-refractivity contribution in [3.63, 3.8) is 0 Å². The summed E-state index contributed by atoms with van der Waals surface area (Å²) in [5.41, 5.74) is 0.843. The van der Waals surface area contributed by atoms with Crippen molar-refractivity contribution in [1.29, 1.82) is 0 Å². The minimum Gasteiger partial charge on any atom is -0.382 e. The highest BCUT2D eigenvalue weighted by Gasteiger charge is 2.20. The van der Waals surface area contributed by atoms with E-state index in [0.29, 0.717) is 6.04 Å². The van der Waals surface area contributed by atoms with E-state index in [0.717, 1.165) is 11.6 Å². The third-order valence-electron chi connectivity index (χ3n) is 3.83. The fourth-order valence-corrected chi connectivity index (χ4v) is 2.94. The lowest BCUT2D eigenvalue weighted by molar-refractivity contribution is 0.319. The van der Waals surface area contributed by atoms with Crippen LogP contribution in [0.4, 0.5) is 10.1 Å². The molecule has 0 spiro atoms. The Kier molecular flexibility index (Phi) is 4.87. The zero-order chi connectivity index (χ0) is 13.0. The van der Waals surface area contributed by atoms with Gasteiger partial charge in [0.25, 0.3) is 0 Å². The Morgan fingerprint density at radius 1 is 1.28 bits per heavy atom. The van der Waals surface area contributed by atoms with Gasteiger partial charge in [-0.15, -0.1) is 0 Å². The van der Waals surface area contributed by atoms with Gasteiger partial charge in [0.15, 0.2) is 0 Å². The van der Waals surface area contributed by atoms with Crippen molar-refractivity contribution in [2.24, 2.45) is 5.92 Å². The van der Waals surface area contributed by atoms with Gasteiger partial charge in [0.1, 0.15) is 5.82 Å². The number of rotatable bonds is 4. The first-order chi connectivity index (χ1) is 8.69. The van der Waals surface area contributed by atoms with Crippen LogP contribution in [0.25, 0.3) is 0 Å². The highest BCUT2D eigenvalue weighted by molar-refractivity contribution is 6.30. The molecule has 1 N–H and O–H groups in total. The van der Waals surface area contributed by atoms with E-state index in [1.54, 1.807) is 6.07 Å². The average Bonchev–Trinajstić information content (AvgIpc) is 2.37. The van der Waals surface area contributed by atoms with Gasteiger partial charge in [-0.2, -0.15) is 0 Å². The first kappa shape index (κ1) is 13.7. The molecule has 0 aliphatic heterocycles. The molecule has 1 aromatic carbocycles. The quantitative estimate of drug-likeness (QED) is 0.787. The van der Waals surface area contributed by atoms with Gasteiger partial charge < -0.3 is 5.32 Å². The Labute approximate surface area is 114 Å². The Morgan fingerprint density at radius 3 is 2.61 bits per heavy atom. The Bertz CT molecular complexity index is 386. The van der Waals surface area contributed by atoms with Crippen LogP contribution in [-0.2, 0) is 0 Å². The molecule has 1 aliphatic rings. The summed E-state index contributed by atoms with van der Waals surface area (Å²) in [6.07, 6.45) is 7.60. The second-order valence-electron chi connectivity index (χ2n) is 5.28. The van der Waals surface area contributed by atoms with Crippen molar-refractivity contribution >= 4 is 17.3 Å². The molecule has 1 nitrogen and oxygen atoms in total. The van der Waals surface area contributed by atoms with E-state index in [1.165, 1.54) is 44.6 Å². The molecule has 0 aromatic heterocycles. The molecule has 1 aromatic rings. The number of nitrogens with one attached hydrogen (secondary N) is 1. The van der Waals surface area contributed by atoms with Gasteiger partial charge in [-0.1, -0.05) is 31.4 Å². The van der Waals surface area contributed by atoms with E-state index < -0.39 is 0 Å². The molecule has 2 rings (SSSR count). The molecule has 0 unspecified atom stereocenters. The van der Waals surface area contributed by atoms with Crippen LogP contribution in [0.5, 0.6) is 0 Å². The molecule has 3 heteroatoms. The van der Waals surface area contributed by atoms with Crippen LogP contribution < -0.4 is 5.32 Å². The molecule has 0 saturated heterocycles. The molecule has 1 saturated carbocycles. The predicted molar refractivity (Wildman–Crippen MR) is 75.7 cm³/mol. The van der Waals surface area contributed by atoms with Crippen molar-refractivity contribution < 1.29 is 4.39 Å². The van der Waals surface area contributed by atoms with Crippen molar-refractivity contribution in [3.05, 3.63) is 29.0 Å². The minimum absolute atomic E-state index is 0.187. The van der Waals surface area contributed by atoms with Gasteiger partial charge >= 0.3 is 0 Å². The summed E-state index contributed by atoms with van der Waals surface area (Å²) in [5, 5.41) is 3.60. The zero-order valence-electron chi connectivity index (χ0n) is 10.9. The van der Waals surface area contributed by atoms with Crippen LogP contribution in [0, 0.1) is 11.7 Å². The number of anilines is 1. The lowest BCUT2D eigenvalue weighted by Crippen LogP contribution is -2.26. The van der Waals surface area contributed by atoms with Crippen LogP contribution in [0.15, 0.2) is 18.2 Å². The number of hydrogen-bond donors (Lipinski definition) is 1. The van der Waals surface area contributed by atoms with E-state index in [2.05, 4.69) is 12.2 Å². The fourth-order valence-electron chi connectivity index (χ4n) is 2.83. The lowest BCUT2D eigenvalue weighted by Gasteiger charge is -2.29. The van der Waals surface area contributed by atoms with Crippen LogP contribution in [0.2, 0.25) is 5.02 Å². The second kappa shape index (κ2) is 6.42. The summed E-state index contributed by atoms with van der Waals surface area (Å²) < 4.78 is 13.3. The third kappa shape index (κ3) is 3.61. The molecular formula is C15H21ClFN. The van der Waals surface area contributed by atoms with Crippen molar-refractivity contribution in [2.75, 3.05) is 5.32 Å². The third-order valence-corrected chi connectivity index (χ3v) is 4.14. The summed E-state index contributed by atoms with van der Waals surface area (Å²) in [6, 6.07) is 5.44. The standard InChI is InChI=1S/C15H21ClFN/c1-2-3-11-4-6-12(7-5-11)18-13-8-9-14(16)15(17)10-13/h8-12,18H,2-7H2,1H3. The molecule has 0 bridgehead atoms. The maximum atomic E-state index is 13.3. The summed E-state index contributed by atoms with van der Waals surface area (Å²) >= 11 is 5.67. The zero-order valence-corrected chi connectivity index (χ0v) is 11.6. The maximum Gasteiger partial charge on any atom is 0.143 e. The van der Waals surface area contributed by atoms with Crippen LogP contribution in [-0.4, -0.2) is 6.04 Å². The molecular weight excluding hydrogens is 249 g/mol. The fraction of sp³-hybridized carbons (Fsp3) is 0.600. The van der Waals surface area contributed by atoms with E-state index in [9.17, 15) is 4.39 Å². The normalized spacial score (nSPS) is 23.9. The molecule has 1 aliphatic carbocycles. The van der Waals surface area contributed by atoms with Crippen LogP contribution in [0.3, 0.4) is 0 Å². The number of benzene rings is 1. The monoisotopic (exact) mass is 269 g/mol. The first-order valence-electron chi connectivity index (χ1n) is 6.90. The molecule has 0 heterocycles. The largest absolute Gasteiger partial charge is 0.382 e. The van der Waals surface area contributed by atoms with Gasteiger partial charge in [0.05, 0.1) is 5.02 Å². The van der Waals surface area contributed by atoms with Gasteiger partial charge in [-0.3, -0.25) is 0 Å². The lowest BCUT2D eigenvalue weighted by atomic mass is 9.83. The molecule has 1 fully saturated rings. The smallest absolute Gasteiger partial charge is 0.143 e. The minimum atomic E-state index is -0.346. The Balaban J connectivity index is 1.85. The van der Waals surface area contributed by atoms with E-state index in [-0.39, 0.29) is 10.8 Å². The van der Waals surface area contributed by atoms with E-state index >= 15 is 0 Å². The molecule has 18 heavy (non-hydrogen) atoms. The number of hydrogen-bond acceptors (Lipinski definition) is 1. The highest BCUT2D eigenvalue weighted by Crippen LogP contribution is 2.30. The summed E-state index contributed by atoms with van der Waals surface area (Å²) in [4.78, 5) is 0. The SMILES string of the molecule is CCCC1CCC(Nc2ccc(Cl)c(F)c2)CC1. The van der Waals surface area contributed by atoms with Gasteiger partial charge in [-0.05, 0) is 49.8 Å². The summed E-state index contributed by atoms with van der Waals surface area (Å²) in [5.74, 6) is 0.552. The van der Waals surface area contributed by atoms with Crippen molar-refractivity contribution in [3.8, 4) is 0 Å². The highest BCUT2D eigenvalue weighted by atomic mass is 35.5. The number of halogens is 2.